The first-order chi connectivity index (χ1) is 22.5. The number of benzene rings is 3. The molecule has 4 aromatic rings. The second-order valence-corrected chi connectivity index (χ2v) is 12.6. The third-order valence-electron chi connectivity index (χ3n) is 9.07. The first-order valence-corrected chi connectivity index (χ1v) is 17.4. The average molecular weight is 623 g/mol. The Kier molecular flexibility index (Phi) is 11.9. The van der Waals surface area contributed by atoms with Crippen LogP contribution in [-0.4, -0.2) is 24.3 Å². The molecule has 0 spiro atoms. The third-order valence-corrected chi connectivity index (χ3v) is 9.07. The minimum absolute atomic E-state index is 0.109. The molecule has 1 heterocycles. The van der Waals surface area contributed by atoms with Crippen molar-refractivity contribution in [2.24, 2.45) is 0 Å². The van der Waals surface area contributed by atoms with Crippen LogP contribution in [0.25, 0.3) is 22.5 Å². The molecule has 5 rings (SSSR count). The van der Waals surface area contributed by atoms with E-state index in [2.05, 4.69) is 65.9 Å². The van der Waals surface area contributed by atoms with Gasteiger partial charge >= 0.3 is 5.97 Å². The fourth-order valence-electron chi connectivity index (χ4n) is 6.10. The second kappa shape index (κ2) is 16.5. The fourth-order valence-corrected chi connectivity index (χ4v) is 6.10. The van der Waals surface area contributed by atoms with Crippen LogP contribution in [-0.2, 0) is 14.9 Å². The van der Waals surface area contributed by atoms with E-state index in [9.17, 15) is 4.79 Å². The number of carbonyl (C=O) groups is 1. The van der Waals surface area contributed by atoms with E-state index >= 15 is 0 Å². The minimum atomic E-state index is -0.454. The van der Waals surface area contributed by atoms with Crippen molar-refractivity contribution in [1.82, 2.24) is 5.16 Å². The summed E-state index contributed by atoms with van der Waals surface area (Å²) in [6, 6.07) is 24.7. The molecular weight excluding hydrogens is 572 g/mol. The first kappa shape index (κ1) is 33.3. The number of anilines is 2. The Bertz CT molecular complexity index is 1520. The van der Waals surface area contributed by atoms with Crippen LogP contribution in [0.1, 0.15) is 102 Å². The molecule has 1 aliphatic carbocycles. The summed E-state index contributed by atoms with van der Waals surface area (Å²) in [4.78, 5) is 12.5. The largest absolute Gasteiger partial charge is 0.494 e. The Labute approximate surface area is 274 Å². The summed E-state index contributed by atoms with van der Waals surface area (Å²) in [5, 5.41) is 7.78. The molecule has 0 atom stereocenters. The number of ether oxygens (including phenoxy) is 2. The number of aryl methyl sites for hydroxylation is 1. The van der Waals surface area contributed by atoms with Gasteiger partial charge in [-0.05, 0) is 61.9 Å². The molecule has 1 N–H and O–H groups in total. The number of rotatable bonds is 19. The van der Waals surface area contributed by atoms with Gasteiger partial charge in [0.25, 0.3) is 0 Å². The van der Waals surface area contributed by atoms with E-state index in [1.165, 1.54) is 57.8 Å². The molecular formula is C40H50N2O4. The van der Waals surface area contributed by atoms with Gasteiger partial charge < -0.3 is 19.3 Å². The van der Waals surface area contributed by atoms with Crippen molar-refractivity contribution in [2.75, 3.05) is 18.5 Å². The van der Waals surface area contributed by atoms with Gasteiger partial charge in [0.15, 0.2) is 5.76 Å². The Morgan fingerprint density at radius 3 is 2.04 bits per heavy atom. The summed E-state index contributed by atoms with van der Waals surface area (Å²) in [5.74, 6) is 1.45. The number of nitrogens with one attached hydrogen (secondary N) is 1. The van der Waals surface area contributed by atoms with E-state index in [0.29, 0.717) is 12.4 Å². The molecule has 1 aliphatic rings. The summed E-state index contributed by atoms with van der Waals surface area (Å²) < 4.78 is 17.2. The molecule has 3 aromatic carbocycles. The minimum Gasteiger partial charge on any atom is -0.494 e. The summed E-state index contributed by atoms with van der Waals surface area (Å²) in [7, 11) is 0. The van der Waals surface area contributed by atoms with Gasteiger partial charge in [-0.3, -0.25) is 4.79 Å². The highest BCUT2D eigenvalue weighted by Crippen LogP contribution is 2.49. The van der Waals surface area contributed by atoms with Crippen molar-refractivity contribution in [1.29, 1.82) is 0 Å². The lowest BCUT2D eigenvalue weighted by molar-refractivity contribution is -0.146. The molecule has 0 amide bonds. The van der Waals surface area contributed by atoms with E-state index in [1.54, 1.807) is 0 Å². The number of nitrogens with zero attached hydrogens (tertiary/aromatic N) is 1. The monoisotopic (exact) mass is 622 g/mol. The lowest BCUT2D eigenvalue weighted by Crippen LogP contribution is -2.23. The molecule has 1 fully saturated rings. The number of hydrogen-bond acceptors (Lipinski definition) is 6. The number of esters is 1. The molecule has 0 aliphatic heterocycles. The van der Waals surface area contributed by atoms with Crippen LogP contribution in [0, 0.1) is 6.92 Å². The Balaban J connectivity index is 1.13. The Morgan fingerprint density at radius 1 is 0.804 bits per heavy atom. The second-order valence-electron chi connectivity index (χ2n) is 12.6. The SMILES string of the molecule is CCCCCCCCCCCCOc1cccc(Nc2c(C)noc2-c2ccc(-c3ccc(C4(C(=O)OCC)CC4)cc3)cc2)c1. The van der Waals surface area contributed by atoms with Gasteiger partial charge in [0, 0.05) is 17.3 Å². The smallest absolute Gasteiger partial charge is 0.316 e. The molecule has 1 aromatic heterocycles. The Hall–Kier alpha value is -4.06. The van der Waals surface area contributed by atoms with Crippen molar-refractivity contribution < 1.29 is 18.8 Å². The normalized spacial score (nSPS) is 13.4. The number of aromatic nitrogens is 1. The summed E-state index contributed by atoms with van der Waals surface area (Å²) in [5.41, 5.74) is 6.28. The average Bonchev–Trinajstić information content (AvgIpc) is 3.82. The van der Waals surface area contributed by atoms with Crippen LogP contribution in [0.15, 0.2) is 77.3 Å². The van der Waals surface area contributed by atoms with Gasteiger partial charge in [-0.15, -0.1) is 0 Å². The van der Waals surface area contributed by atoms with E-state index in [-0.39, 0.29) is 5.97 Å². The third kappa shape index (κ3) is 8.60. The van der Waals surface area contributed by atoms with Crippen molar-refractivity contribution in [3.05, 3.63) is 84.1 Å². The van der Waals surface area contributed by atoms with Crippen LogP contribution in [0.5, 0.6) is 5.75 Å². The quantitative estimate of drug-likeness (QED) is 0.0828. The van der Waals surface area contributed by atoms with Gasteiger partial charge in [0.05, 0.1) is 18.6 Å². The van der Waals surface area contributed by atoms with Crippen LogP contribution in [0.4, 0.5) is 11.4 Å². The standard InChI is InChI=1S/C40H50N2O4/c1-4-6-7-8-9-10-11-12-13-14-28-45-36-17-15-16-35(29-36)41-37-30(3)42-46-38(37)33-20-18-31(19-21-33)32-22-24-34(25-23-32)40(26-27-40)39(43)44-5-2/h15-25,29,41H,4-14,26-28H2,1-3H3. The van der Waals surface area contributed by atoms with Gasteiger partial charge in [-0.1, -0.05) is 124 Å². The molecule has 46 heavy (non-hydrogen) atoms. The molecule has 0 unspecified atom stereocenters. The van der Waals surface area contributed by atoms with Crippen molar-refractivity contribution in [2.45, 2.75) is 103 Å². The van der Waals surface area contributed by atoms with Crippen molar-refractivity contribution in [3.63, 3.8) is 0 Å². The van der Waals surface area contributed by atoms with Crippen LogP contribution in [0.3, 0.4) is 0 Å². The number of carbonyl (C=O) groups excluding carboxylic acids is 1. The molecule has 6 heteroatoms. The van der Waals surface area contributed by atoms with Gasteiger partial charge in [-0.2, -0.15) is 0 Å². The van der Waals surface area contributed by atoms with Crippen LogP contribution < -0.4 is 10.1 Å². The molecule has 1 saturated carbocycles. The lowest BCUT2D eigenvalue weighted by Gasteiger charge is -2.14. The van der Waals surface area contributed by atoms with Gasteiger partial charge in [0.1, 0.15) is 17.1 Å². The summed E-state index contributed by atoms with van der Waals surface area (Å²) >= 11 is 0. The maximum absolute atomic E-state index is 12.5. The summed E-state index contributed by atoms with van der Waals surface area (Å²) in [6.07, 6.45) is 14.8. The topological polar surface area (TPSA) is 73.6 Å². The van der Waals surface area contributed by atoms with E-state index in [0.717, 1.165) is 70.9 Å². The highest BCUT2D eigenvalue weighted by atomic mass is 16.5. The number of hydrogen-bond donors (Lipinski definition) is 1. The fraction of sp³-hybridized carbons (Fsp3) is 0.450. The van der Waals surface area contributed by atoms with Crippen molar-refractivity contribution in [3.8, 4) is 28.2 Å². The molecule has 6 nitrogen and oxygen atoms in total. The van der Waals surface area contributed by atoms with Crippen LogP contribution in [0.2, 0.25) is 0 Å². The maximum atomic E-state index is 12.5. The predicted octanol–water partition coefficient (Wildman–Crippen LogP) is 11.0. The van der Waals surface area contributed by atoms with E-state index < -0.39 is 5.41 Å². The highest BCUT2D eigenvalue weighted by molar-refractivity contribution is 5.87. The zero-order chi connectivity index (χ0) is 32.2. The number of unbranched alkanes of at least 4 members (excludes halogenated alkanes) is 9. The van der Waals surface area contributed by atoms with Crippen LogP contribution >= 0.6 is 0 Å². The lowest BCUT2D eigenvalue weighted by atomic mass is 9.93. The van der Waals surface area contributed by atoms with Crippen molar-refractivity contribution >= 4 is 17.3 Å². The summed E-state index contributed by atoms with van der Waals surface area (Å²) in [6.45, 7) is 7.21. The highest BCUT2D eigenvalue weighted by Gasteiger charge is 2.52. The predicted molar refractivity (Wildman–Crippen MR) is 187 cm³/mol. The molecule has 0 saturated heterocycles. The van der Waals surface area contributed by atoms with E-state index in [4.69, 9.17) is 14.0 Å². The van der Waals surface area contributed by atoms with Gasteiger partial charge in [0.2, 0.25) is 0 Å². The van der Waals surface area contributed by atoms with E-state index in [1.807, 2.05) is 38.1 Å². The van der Waals surface area contributed by atoms with Gasteiger partial charge in [-0.25, -0.2) is 0 Å². The zero-order valence-corrected chi connectivity index (χ0v) is 27.9. The Morgan fingerprint density at radius 2 is 1.41 bits per heavy atom. The maximum Gasteiger partial charge on any atom is 0.316 e. The first-order valence-electron chi connectivity index (χ1n) is 17.4. The molecule has 244 valence electrons. The molecule has 0 radical (unpaired) electrons. The molecule has 0 bridgehead atoms. The zero-order valence-electron chi connectivity index (χ0n) is 27.9.